The molecule has 0 heterocycles. The third kappa shape index (κ3) is 4.35. The molecule has 1 aromatic rings. The van der Waals surface area contributed by atoms with E-state index in [0.717, 1.165) is 11.1 Å². The molecule has 1 fully saturated rings. The summed E-state index contributed by atoms with van der Waals surface area (Å²) in [5.41, 5.74) is 1.74. The molecule has 1 N–H and O–H groups in total. The molecule has 28 heavy (non-hydrogen) atoms. The Morgan fingerprint density at radius 1 is 1.07 bits per heavy atom. The van der Waals surface area contributed by atoms with Crippen LogP contribution >= 0.6 is 0 Å². The van der Waals surface area contributed by atoms with Crippen LogP contribution in [0.5, 0.6) is 0 Å². The lowest BCUT2D eigenvalue weighted by molar-refractivity contribution is -0.151. The van der Waals surface area contributed by atoms with Gasteiger partial charge in [0.15, 0.2) is 21.2 Å². The van der Waals surface area contributed by atoms with Gasteiger partial charge < -0.3 is 9.47 Å². The molecule has 9 heteroatoms. The maximum atomic E-state index is 13.3. The molecular formula is C19H25NO7S. The van der Waals surface area contributed by atoms with Crippen LogP contribution in [0.2, 0.25) is 0 Å². The Labute approximate surface area is 164 Å². The molecule has 1 aliphatic carbocycles. The summed E-state index contributed by atoms with van der Waals surface area (Å²) in [5, 5.41) is 1.90. The largest absolute Gasteiger partial charge is 0.454 e. The summed E-state index contributed by atoms with van der Waals surface area (Å²) in [6.07, 6.45) is 0.422. The molecule has 0 bridgehead atoms. The molecule has 0 saturated heterocycles. The molecule has 0 unspecified atom stereocenters. The third-order valence-corrected chi connectivity index (χ3v) is 7.42. The molecule has 1 aromatic carbocycles. The van der Waals surface area contributed by atoms with Crippen LogP contribution in [0.1, 0.15) is 43.7 Å². The van der Waals surface area contributed by atoms with Crippen molar-refractivity contribution in [1.29, 1.82) is 0 Å². The lowest BCUT2D eigenvalue weighted by Crippen LogP contribution is -2.46. The number of hydrogen-bond donors (Lipinski definition) is 1. The Balaban J connectivity index is 2.20. The zero-order chi connectivity index (χ0) is 20.9. The normalized spacial score (nSPS) is 15.7. The molecule has 154 valence electrons. The van der Waals surface area contributed by atoms with Crippen LogP contribution in [-0.4, -0.2) is 44.3 Å². The first-order chi connectivity index (χ1) is 13.1. The lowest BCUT2D eigenvalue weighted by atomic mass is 10.1. The van der Waals surface area contributed by atoms with Crippen LogP contribution < -0.4 is 5.32 Å². The van der Waals surface area contributed by atoms with Crippen LogP contribution in [0.4, 0.5) is 4.79 Å². The van der Waals surface area contributed by atoms with Crippen molar-refractivity contribution in [3.63, 3.8) is 0 Å². The van der Waals surface area contributed by atoms with Gasteiger partial charge in [0, 0.05) is 0 Å². The summed E-state index contributed by atoms with van der Waals surface area (Å²) in [5.74, 6) is -1.86. The monoisotopic (exact) mass is 411 g/mol. The maximum absolute atomic E-state index is 13.3. The van der Waals surface area contributed by atoms with E-state index < -0.39 is 39.2 Å². The Morgan fingerprint density at radius 3 is 2.29 bits per heavy atom. The number of carbonyl (C=O) groups is 3. The molecule has 1 aliphatic rings. The van der Waals surface area contributed by atoms with Crippen molar-refractivity contribution in [3.8, 4) is 0 Å². The highest BCUT2D eigenvalue weighted by molar-refractivity contribution is 7.93. The zero-order valence-electron chi connectivity index (χ0n) is 16.2. The maximum Gasteiger partial charge on any atom is 0.413 e. The van der Waals surface area contributed by atoms with E-state index in [2.05, 4.69) is 4.74 Å². The number of imide groups is 1. The molecule has 0 atom stereocenters. The van der Waals surface area contributed by atoms with Crippen molar-refractivity contribution in [1.82, 2.24) is 5.32 Å². The number of alkyl carbamates (subject to hydrolysis) is 1. The number of carbonyl (C=O) groups excluding carboxylic acids is 3. The fourth-order valence-electron chi connectivity index (χ4n) is 3.22. The van der Waals surface area contributed by atoms with Gasteiger partial charge in [-0.15, -0.1) is 0 Å². The van der Waals surface area contributed by atoms with E-state index in [1.165, 1.54) is 6.07 Å². The molecule has 2 rings (SSSR count). The van der Waals surface area contributed by atoms with E-state index in [9.17, 15) is 22.8 Å². The van der Waals surface area contributed by atoms with Gasteiger partial charge in [0.05, 0.1) is 11.5 Å². The van der Waals surface area contributed by atoms with Crippen LogP contribution in [0, 0.1) is 13.8 Å². The highest BCUT2D eigenvalue weighted by Gasteiger charge is 2.54. The minimum atomic E-state index is -4.02. The molecule has 8 nitrogen and oxygen atoms in total. The summed E-state index contributed by atoms with van der Waals surface area (Å²) in [4.78, 5) is 35.8. The first kappa shape index (κ1) is 21.9. The highest BCUT2D eigenvalue weighted by atomic mass is 32.2. The van der Waals surface area contributed by atoms with Gasteiger partial charge >= 0.3 is 12.1 Å². The minimum absolute atomic E-state index is 0.0606. The average Bonchev–Trinajstić information content (AvgIpc) is 3.13. The molecule has 0 spiro atoms. The Morgan fingerprint density at radius 2 is 1.71 bits per heavy atom. The van der Waals surface area contributed by atoms with Crippen molar-refractivity contribution in [2.75, 3.05) is 13.2 Å². The number of rotatable bonds is 6. The van der Waals surface area contributed by atoms with Gasteiger partial charge in [0.25, 0.3) is 5.91 Å². The zero-order valence-corrected chi connectivity index (χ0v) is 17.1. The van der Waals surface area contributed by atoms with Gasteiger partial charge in [-0.05, 0) is 56.9 Å². The number of hydrogen-bond acceptors (Lipinski definition) is 7. The SMILES string of the molecule is CCOC(=O)NC(=O)COC(=O)C1(S(=O)(=O)c2ccc(C)c(C)c2)CCCC1. The average molecular weight is 411 g/mol. The Kier molecular flexibility index (Phi) is 6.82. The summed E-state index contributed by atoms with van der Waals surface area (Å²) in [6, 6.07) is 4.73. The van der Waals surface area contributed by atoms with Crippen LogP contribution in [0.15, 0.2) is 23.1 Å². The van der Waals surface area contributed by atoms with Gasteiger partial charge in [0.2, 0.25) is 0 Å². The van der Waals surface area contributed by atoms with Crippen molar-refractivity contribution in [2.24, 2.45) is 0 Å². The van der Waals surface area contributed by atoms with Crippen LogP contribution in [0.25, 0.3) is 0 Å². The van der Waals surface area contributed by atoms with E-state index in [0.29, 0.717) is 12.8 Å². The second-order valence-corrected chi connectivity index (χ2v) is 9.06. The second-order valence-electron chi connectivity index (χ2n) is 6.80. The predicted molar refractivity (Wildman–Crippen MR) is 100 cm³/mol. The third-order valence-electron chi connectivity index (χ3n) is 4.94. The summed E-state index contributed by atoms with van der Waals surface area (Å²) < 4.78 is 34.4. The second kappa shape index (κ2) is 8.72. The van der Waals surface area contributed by atoms with Gasteiger partial charge in [-0.1, -0.05) is 18.9 Å². The van der Waals surface area contributed by atoms with Crippen molar-refractivity contribution < 1.29 is 32.3 Å². The molecule has 0 aliphatic heterocycles. The number of sulfone groups is 1. The van der Waals surface area contributed by atoms with E-state index in [4.69, 9.17) is 4.74 Å². The number of benzene rings is 1. The number of amides is 2. The standard InChI is InChI=1S/C19H25NO7S/c1-4-26-18(23)20-16(21)12-27-17(22)19(9-5-6-10-19)28(24,25)15-8-7-13(2)14(3)11-15/h7-8,11H,4-6,9-10,12H2,1-3H3,(H,20,21,23). The lowest BCUT2D eigenvalue weighted by Gasteiger charge is -2.26. The number of ether oxygens (including phenoxy) is 2. The fraction of sp³-hybridized carbons (Fsp3) is 0.526. The van der Waals surface area contributed by atoms with Crippen LogP contribution in [0.3, 0.4) is 0 Å². The van der Waals surface area contributed by atoms with Gasteiger partial charge in [-0.3, -0.25) is 14.9 Å². The molecular weight excluding hydrogens is 386 g/mol. The van der Waals surface area contributed by atoms with Crippen LogP contribution in [-0.2, 0) is 28.9 Å². The van der Waals surface area contributed by atoms with Gasteiger partial charge in [0.1, 0.15) is 0 Å². The molecule has 0 aromatic heterocycles. The fourth-order valence-corrected chi connectivity index (χ4v) is 5.35. The van der Waals surface area contributed by atoms with E-state index in [1.807, 2.05) is 12.2 Å². The van der Waals surface area contributed by atoms with E-state index in [1.54, 1.807) is 26.0 Å². The quantitative estimate of drug-likeness (QED) is 0.713. The summed E-state index contributed by atoms with van der Waals surface area (Å²) in [7, 11) is -4.02. The predicted octanol–water partition coefficient (Wildman–Crippen LogP) is 2.21. The Hall–Kier alpha value is -2.42. The first-order valence-electron chi connectivity index (χ1n) is 9.10. The van der Waals surface area contributed by atoms with Gasteiger partial charge in [-0.25, -0.2) is 13.2 Å². The van der Waals surface area contributed by atoms with E-state index >= 15 is 0 Å². The van der Waals surface area contributed by atoms with Gasteiger partial charge in [-0.2, -0.15) is 0 Å². The summed E-state index contributed by atoms with van der Waals surface area (Å²) in [6.45, 7) is 4.56. The molecule has 0 radical (unpaired) electrons. The number of nitrogens with one attached hydrogen (secondary N) is 1. The summed E-state index contributed by atoms with van der Waals surface area (Å²) >= 11 is 0. The van der Waals surface area contributed by atoms with Crippen molar-refractivity contribution >= 4 is 27.8 Å². The molecule has 1 saturated carbocycles. The highest BCUT2D eigenvalue weighted by Crippen LogP contribution is 2.41. The Bertz CT molecular complexity index is 870. The van der Waals surface area contributed by atoms with Crippen molar-refractivity contribution in [2.45, 2.75) is 56.1 Å². The van der Waals surface area contributed by atoms with Crippen molar-refractivity contribution in [3.05, 3.63) is 29.3 Å². The number of aryl methyl sites for hydroxylation is 2. The van der Waals surface area contributed by atoms with E-state index in [-0.39, 0.29) is 24.3 Å². The first-order valence-corrected chi connectivity index (χ1v) is 10.6. The molecule has 2 amide bonds. The smallest absolute Gasteiger partial charge is 0.413 e. The minimum Gasteiger partial charge on any atom is -0.454 e. The topological polar surface area (TPSA) is 116 Å². The number of esters is 1.